The fraction of sp³-hybridized carbons (Fsp3) is 0.423. The molecule has 0 radical (unpaired) electrons. The van der Waals surface area contributed by atoms with Crippen LogP contribution in [0.3, 0.4) is 0 Å². The predicted octanol–water partition coefficient (Wildman–Crippen LogP) is 24.8. The van der Waals surface area contributed by atoms with Crippen molar-refractivity contribution in [2.24, 2.45) is 16.2 Å². The van der Waals surface area contributed by atoms with Gasteiger partial charge in [-0.3, -0.25) is 33.7 Å². The van der Waals surface area contributed by atoms with Crippen LogP contribution >= 0.6 is 50.7 Å². The highest BCUT2D eigenvalue weighted by Crippen LogP contribution is 2.48. The number of fused-ring (bicyclic) bond motifs is 3. The summed E-state index contributed by atoms with van der Waals surface area (Å²) >= 11 is 21.4. The van der Waals surface area contributed by atoms with Gasteiger partial charge >= 0.3 is 36.4 Å². The number of benzene rings is 9. The molecule has 0 fully saturated rings. The van der Waals surface area contributed by atoms with E-state index in [0.29, 0.717) is 157 Å². The first-order valence-corrected chi connectivity index (χ1v) is 46.7. The number of halogens is 13. The summed E-state index contributed by atoms with van der Waals surface area (Å²) in [6, 6.07) is 41.6. The molecule has 3 aliphatic rings. The van der Waals surface area contributed by atoms with Gasteiger partial charge in [0, 0.05) is 136 Å². The molecule has 0 aliphatic carbocycles. The van der Waals surface area contributed by atoms with Gasteiger partial charge in [0.1, 0.15) is 62.9 Å². The average Bonchev–Trinajstić information content (AvgIpc) is 1.66. The third-order valence-electron chi connectivity index (χ3n) is 23.6. The van der Waals surface area contributed by atoms with Crippen LogP contribution in [0.1, 0.15) is 175 Å². The number of nitrogens with two attached hydrogens (primary N) is 1. The van der Waals surface area contributed by atoms with Gasteiger partial charge < -0.3 is 83.5 Å². The summed E-state index contributed by atoms with van der Waals surface area (Å²) in [4.78, 5) is 81.9. The Bertz CT molecular complexity index is 5750. The number of anilines is 6. The second-order valence-corrected chi connectivity index (χ2v) is 37.8. The zero-order valence-electron chi connectivity index (χ0n) is 81.4. The molecule has 3 aliphatic heterocycles. The van der Waals surface area contributed by atoms with Crippen LogP contribution in [0.4, 0.5) is 73.6 Å². The van der Waals surface area contributed by atoms with Crippen molar-refractivity contribution in [2.45, 2.75) is 177 Å². The zero-order valence-corrected chi connectivity index (χ0v) is 85.3. The summed E-state index contributed by atoms with van der Waals surface area (Å²) in [7, 11) is 9.61. The number of carboxylic acid groups (broad SMARTS) is 1. The van der Waals surface area contributed by atoms with E-state index in [2.05, 4.69) is 66.1 Å². The largest absolute Gasteiger partial charge is 0.497 e. The van der Waals surface area contributed by atoms with Crippen LogP contribution < -0.4 is 69.0 Å². The molecular weight excluding hydrogens is 1980 g/mol. The summed E-state index contributed by atoms with van der Waals surface area (Å²) in [5, 5.41) is 17.3. The number of methoxy groups -OCH3 is 7. The Kier molecular flexibility index (Phi) is 41.9. The van der Waals surface area contributed by atoms with Crippen LogP contribution in [0.15, 0.2) is 164 Å². The lowest BCUT2D eigenvalue weighted by atomic mass is 9.90. The van der Waals surface area contributed by atoms with E-state index in [1.807, 2.05) is 13.8 Å². The molecule has 0 aromatic heterocycles. The molecule has 3 atom stereocenters. The zero-order chi connectivity index (χ0) is 104. The van der Waals surface area contributed by atoms with Crippen molar-refractivity contribution in [1.29, 1.82) is 0 Å². The standard InChI is InChI=1S/C32H34ClF3N2O5.C31H32ClF3N2O6.C18H14BrClF3NO2.C14H21NO4.C8H19N.CH4/c1-19-14-21-10-12-38(27(21)18-26(19)32(34,35)36)29(39)28(20-6-8-22(33)9-7-20)37-23-15-24(41-4)17-25(16-23)43-13-11-31(2,3)30(40)42-5;1-30(2,29(39)40)10-12-43-23-15-21(14-22(16-23)41-3)36-27(18-5-7-20(32)8-6-18)28(38)37-11-9-19-13-26(42-4)24(17-25(19)37)31(33,34)35;1-26-15-8-11-6-7-24(14(11)9-13(15)18(21,22)23)17(25)16(19)10-2-4-12(20)5-3-10;1-14(2,13(16)18-4)5-6-19-12-8-10(15)7-11(9-12)17-3;1-6-9(7(2)3)8(4)5;/h6-9,14-18,28,37H,10-13H2,1-5H3;5-8,13-17,27,36H,9-12H2,1-4H3,(H,39,40);2-5,8-9,16H,6-7H2,1H3;7-9H,5-6,15H2,1-4H3;7-8H,6H2,1-5H3;1H4. The predicted molar refractivity (Wildman–Crippen MR) is 535 cm³/mol. The van der Waals surface area contributed by atoms with Gasteiger partial charge in [0.05, 0.1) is 103 Å². The Balaban J connectivity index is 0.000000257. The number of ether oxygens (including phenoxy) is 10. The number of aliphatic carboxylic acids is 1. The lowest BCUT2D eigenvalue weighted by Gasteiger charge is -2.28. The molecule has 3 heterocycles. The maximum Gasteiger partial charge on any atom is 0.420 e. The van der Waals surface area contributed by atoms with E-state index in [4.69, 9.17) is 87.9 Å². The van der Waals surface area contributed by atoms with E-state index in [-0.39, 0.29) is 92.1 Å². The number of carbonyl (C=O) groups excluding carboxylic acids is 5. The van der Waals surface area contributed by atoms with Gasteiger partial charge in [-0.1, -0.05) is 108 Å². The minimum atomic E-state index is -4.68. The van der Waals surface area contributed by atoms with Gasteiger partial charge in [0.25, 0.3) is 11.8 Å². The molecule has 0 spiro atoms. The number of esters is 2. The SMILES string of the molecule is C.CCN(C(C)C)C(C)C.COC(=O)C(C)(C)CCOc1cc(N)cc(OC)c1.COC(=O)C(C)(C)CCOc1cc(NC(C(=O)N2CCc3cc(C)c(C(F)(F)F)cc32)c2ccc(Cl)cc2)cc(OC)c1.COc1cc(NC(C(=O)N2CCc3cc(OC)c(C(F)(F)F)cc32)c2ccc(Cl)cc2)cc(OCCC(C)(C)C(=O)O)c1.COc1cc2c(cc1C(F)(F)F)N(C(=O)C(Br)c1ccc(Cl)cc1)CC2. The van der Waals surface area contributed by atoms with Crippen LogP contribution in [-0.2, 0) is 76.0 Å². The van der Waals surface area contributed by atoms with Crippen molar-refractivity contribution in [2.75, 3.05) is 127 Å². The van der Waals surface area contributed by atoms with Crippen LogP contribution in [0.25, 0.3) is 0 Å². The fourth-order valence-electron chi connectivity index (χ4n) is 15.6. The Labute approximate surface area is 841 Å². The number of hydrogen-bond acceptors (Lipinski definition) is 20. The first-order valence-electron chi connectivity index (χ1n) is 44.7. The maximum atomic E-state index is 14.1. The summed E-state index contributed by atoms with van der Waals surface area (Å²) in [6.45, 7) is 25.6. The maximum absolute atomic E-state index is 14.1. The summed E-state index contributed by atoms with van der Waals surface area (Å²) in [5.74, 6) is -0.393. The van der Waals surface area contributed by atoms with E-state index in [1.165, 1.54) is 82.5 Å². The smallest absolute Gasteiger partial charge is 0.420 e. The Morgan fingerprint density at radius 1 is 0.433 bits per heavy atom. The van der Waals surface area contributed by atoms with Crippen LogP contribution in [0, 0.1) is 23.2 Å². The van der Waals surface area contributed by atoms with Crippen LogP contribution in [0.2, 0.25) is 15.1 Å². The fourth-order valence-corrected chi connectivity index (χ4v) is 16.5. The van der Waals surface area contributed by atoms with Crippen LogP contribution in [0.5, 0.6) is 46.0 Å². The topological polar surface area (TPSA) is 278 Å². The second-order valence-electron chi connectivity index (χ2n) is 35.5. The van der Waals surface area contributed by atoms with Crippen molar-refractivity contribution in [3.63, 3.8) is 0 Å². The number of rotatable bonds is 33. The van der Waals surface area contributed by atoms with Crippen molar-refractivity contribution in [3.8, 4) is 46.0 Å². The lowest BCUT2D eigenvalue weighted by Crippen LogP contribution is -2.37. The molecule has 5 N–H and O–H groups in total. The molecular formula is C104H124BrCl3F9N7O17. The number of nitrogens with one attached hydrogen (secondary N) is 2. The van der Waals surface area contributed by atoms with Gasteiger partial charge in [-0.2, -0.15) is 39.5 Å². The number of hydrogen-bond donors (Lipinski definition) is 4. The summed E-state index contributed by atoms with van der Waals surface area (Å²) in [5.41, 5.74) is 6.73. The van der Waals surface area contributed by atoms with E-state index in [1.54, 1.807) is 162 Å². The number of alkyl halides is 10. The third kappa shape index (κ3) is 31.6. The molecule has 37 heteroatoms. The molecule has 3 unspecified atom stereocenters. The first-order chi connectivity index (χ1) is 65.7. The van der Waals surface area contributed by atoms with Gasteiger partial charge in [-0.25, -0.2) is 0 Å². The summed E-state index contributed by atoms with van der Waals surface area (Å²) < 4.78 is 175. The normalized spacial score (nSPS) is 13.4. The third-order valence-corrected chi connectivity index (χ3v) is 25.3. The monoisotopic (exact) mass is 2100 g/mol. The van der Waals surface area contributed by atoms with Crippen molar-refractivity contribution in [3.05, 3.63) is 234 Å². The van der Waals surface area contributed by atoms with E-state index < -0.39 is 86.2 Å². The minimum absolute atomic E-state index is 0. The molecule has 141 heavy (non-hydrogen) atoms. The van der Waals surface area contributed by atoms with E-state index in [9.17, 15) is 73.4 Å². The van der Waals surface area contributed by atoms with Gasteiger partial charge in [-0.05, 0) is 227 Å². The number of carbonyl (C=O) groups is 6. The molecule has 0 saturated heterocycles. The Hall–Kier alpha value is -11.7. The molecule has 768 valence electrons. The van der Waals surface area contributed by atoms with Crippen molar-refractivity contribution < 1.29 is 121 Å². The lowest BCUT2D eigenvalue weighted by molar-refractivity contribution is -0.152. The van der Waals surface area contributed by atoms with Crippen molar-refractivity contribution in [1.82, 2.24) is 4.90 Å². The molecule has 12 rings (SSSR count). The molecule has 24 nitrogen and oxygen atoms in total. The molecule has 3 amide bonds. The number of nitrogen functional groups attached to an aromatic ring is 1. The van der Waals surface area contributed by atoms with Gasteiger partial charge in [0.15, 0.2) is 0 Å². The van der Waals surface area contributed by atoms with Gasteiger partial charge in [0.2, 0.25) is 5.91 Å². The molecule has 9 aromatic carbocycles. The van der Waals surface area contributed by atoms with Crippen LogP contribution in [-0.4, -0.2) is 153 Å². The highest BCUT2D eigenvalue weighted by atomic mass is 79.9. The second kappa shape index (κ2) is 50.8. The van der Waals surface area contributed by atoms with Crippen molar-refractivity contribution >= 4 is 120 Å². The number of carboxylic acids is 1. The van der Waals surface area contributed by atoms with E-state index >= 15 is 0 Å². The Morgan fingerprint density at radius 2 is 0.738 bits per heavy atom. The first kappa shape index (κ1) is 116. The number of amides is 3. The average molecular weight is 2100 g/mol. The summed E-state index contributed by atoms with van der Waals surface area (Å²) in [6.07, 6.45) is -11.4. The van der Waals surface area contributed by atoms with E-state index in [0.717, 1.165) is 24.7 Å². The Morgan fingerprint density at radius 3 is 1.05 bits per heavy atom. The quantitative estimate of drug-likeness (QED) is 0.0129. The molecule has 0 bridgehead atoms. The van der Waals surface area contributed by atoms with Gasteiger partial charge in [-0.15, -0.1) is 0 Å². The minimum Gasteiger partial charge on any atom is -0.497 e. The molecule has 0 saturated carbocycles. The highest BCUT2D eigenvalue weighted by Gasteiger charge is 2.43. The molecule has 9 aromatic rings. The number of aryl methyl sites for hydroxylation is 1. The highest BCUT2D eigenvalue weighted by molar-refractivity contribution is 9.09. The number of nitrogens with zero attached hydrogens (tertiary/aromatic N) is 4.